The summed E-state index contributed by atoms with van der Waals surface area (Å²) in [6.07, 6.45) is 0.867. The Hall–Kier alpha value is -1.49. The van der Waals surface area contributed by atoms with Crippen molar-refractivity contribution in [3.8, 4) is 0 Å². The summed E-state index contributed by atoms with van der Waals surface area (Å²) in [6, 6.07) is 6.42. The molecule has 5 heteroatoms. The Labute approximate surface area is 113 Å². The van der Waals surface area contributed by atoms with Gasteiger partial charge in [-0.05, 0) is 25.5 Å². The fourth-order valence-electron chi connectivity index (χ4n) is 1.41. The Morgan fingerprint density at radius 3 is 2.61 bits per heavy atom. The Bertz CT molecular complexity index is 435. The van der Waals surface area contributed by atoms with Crippen LogP contribution in [0.15, 0.2) is 29.2 Å². The third-order valence-electron chi connectivity index (χ3n) is 2.44. The van der Waals surface area contributed by atoms with E-state index in [1.54, 1.807) is 31.2 Å². The summed E-state index contributed by atoms with van der Waals surface area (Å²) >= 11 is 4.21. The zero-order valence-electron chi connectivity index (χ0n) is 10.6. The summed E-state index contributed by atoms with van der Waals surface area (Å²) in [5.41, 5.74) is 0.468. The van der Waals surface area contributed by atoms with Gasteiger partial charge in [0.2, 0.25) is 5.91 Å². The number of nitrogens with one attached hydrogen (secondary N) is 2. The van der Waals surface area contributed by atoms with E-state index in [-0.39, 0.29) is 11.8 Å². The minimum Gasteiger partial charge on any atom is -0.354 e. The summed E-state index contributed by atoms with van der Waals surface area (Å²) in [5.74, 6) is -0.471. The highest BCUT2D eigenvalue weighted by atomic mass is 32.1. The number of amides is 2. The summed E-state index contributed by atoms with van der Waals surface area (Å²) in [5, 5.41) is 5.38. The van der Waals surface area contributed by atoms with Crippen molar-refractivity contribution in [3.05, 3.63) is 29.8 Å². The van der Waals surface area contributed by atoms with Crippen molar-refractivity contribution in [3.63, 3.8) is 0 Å². The molecule has 0 saturated carbocycles. The molecule has 1 aromatic carbocycles. The number of rotatable bonds is 5. The van der Waals surface area contributed by atoms with Crippen LogP contribution >= 0.6 is 12.6 Å². The van der Waals surface area contributed by atoms with Gasteiger partial charge in [0.05, 0.1) is 5.56 Å². The first-order chi connectivity index (χ1) is 8.56. The van der Waals surface area contributed by atoms with Gasteiger partial charge in [0.15, 0.2) is 0 Å². The van der Waals surface area contributed by atoms with Crippen molar-refractivity contribution in [1.82, 2.24) is 10.6 Å². The van der Waals surface area contributed by atoms with Gasteiger partial charge in [0.1, 0.15) is 6.04 Å². The lowest BCUT2D eigenvalue weighted by molar-refractivity contribution is -0.122. The highest BCUT2D eigenvalue weighted by Crippen LogP contribution is 2.12. The van der Waals surface area contributed by atoms with Crippen molar-refractivity contribution in [2.75, 3.05) is 6.54 Å². The summed E-state index contributed by atoms with van der Waals surface area (Å²) in [4.78, 5) is 24.1. The van der Waals surface area contributed by atoms with Crippen LogP contribution in [0.1, 0.15) is 30.6 Å². The quantitative estimate of drug-likeness (QED) is 0.709. The van der Waals surface area contributed by atoms with E-state index in [0.717, 1.165) is 6.42 Å². The average molecular weight is 266 g/mol. The van der Waals surface area contributed by atoms with Gasteiger partial charge >= 0.3 is 0 Å². The van der Waals surface area contributed by atoms with Crippen LogP contribution in [0.3, 0.4) is 0 Å². The van der Waals surface area contributed by atoms with Gasteiger partial charge in [-0.3, -0.25) is 9.59 Å². The van der Waals surface area contributed by atoms with Gasteiger partial charge in [-0.2, -0.15) is 0 Å². The molecule has 0 saturated heterocycles. The maximum Gasteiger partial charge on any atom is 0.253 e. The SMILES string of the molecule is CCCNC(=O)C(C)NC(=O)c1ccccc1S. The van der Waals surface area contributed by atoms with E-state index in [4.69, 9.17) is 0 Å². The first kappa shape index (κ1) is 14.6. The zero-order chi connectivity index (χ0) is 13.5. The fourth-order valence-corrected chi connectivity index (χ4v) is 1.67. The molecule has 2 N–H and O–H groups in total. The van der Waals surface area contributed by atoms with Crippen LogP contribution < -0.4 is 10.6 Å². The second kappa shape index (κ2) is 7.06. The first-order valence-electron chi connectivity index (χ1n) is 5.92. The lowest BCUT2D eigenvalue weighted by Gasteiger charge is -2.14. The van der Waals surface area contributed by atoms with Gasteiger partial charge in [-0.25, -0.2) is 0 Å². The van der Waals surface area contributed by atoms with E-state index in [9.17, 15) is 9.59 Å². The first-order valence-corrected chi connectivity index (χ1v) is 6.37. The molecule has 0 radical (unpaired) electrons. The molecule has 0 aliphatic carbocycles. The number of carbonyl (C=O) groups is 2. The molecule has 1 atom stereocenters. The Balaban J connectivity index is 2.60. The van der Waals surface area contributed by atoms with Crippen molar-refractivity contribution >= 4 is 24.4 Å². The number of hydrogen-bond acceptors (Lipinski definition) is 3. The number of hydrogen-bond donors (Lipinski definition) is 3. The molecular formula is C13H18N2O2S. The highest BCUT2D eigenvalue weighted by Gasteiger charge is 2.16. The van der Waals surface area contributed by atoms with E-state index in [1.165, 1.54) is 0 Å². The fraction of sp³-hybridized carbons (Fsp3) is 0.385. The maximum atomic E-state index is 11.9. The molecule has 1 unspecified atom stereocenters. The second-order valence-electron chi connectivity index (χ2n) is 4.00. The number of carbonyl (C=O) groups excluding carboxylic acids is 2. The Morgan fingerprint density at radius 2 is 2.00 bits per heavy atom. The Kier molecular flexibility index (Phi) is 5.71. The van der Waals surface area contributed by atoms with Gasteiger partial charge in [0, 0.05) is 11.4 Å². The van der Waals surface area contributed by atoms with E-state index in [0.29, 0.717) is 17.0 Å². The third-order valence-corrected chi connectivity index (χ3v) is 2.83. The smallest absolute Gasteiger partial charge is 0.253 e. The largest absolute Gasteiger partial charge is 0.354 e. The van der Waals surface area contributed by atoms with Crippen molar-refractivity contribution < 1.29 is 9.59 Å². The van der Waals surface area contributed by atoms with E-state index < -0.39 is 6.04 Å². The molecule has 0 aliphatic heterocycles. The molecule has 0 bridgehead atoms. The molecule has 0 aliphatic rings. The molecular weight excluding hydrogens is 248 g/mol. The molecule has 18 heavy (non-hydrogen) atoms. The second-order valence-corrected chi connectivity index (χ2v) is 4.49. The molecule has 0 aromatic heterocycles. The topological polar surface area (TPSA) is 58.2 Å². The van der Waals surface area contributed by atoms with Crippen LogP contribution in [0.5, 0.6) is 0 Å². The monoisotopic (exact) mass is 266 g/mol. The molecule has 1 rings (SSSR count). The molecule has 1 aromatic rings. The van der Waals surface area contributed by atoms with Gasteiger partial charge < -0.3 is 10.6 Å². The van der Waals surface area contributed by atoms with Crippen LogP contribution in [-0.4, -0.2) is 24.4 Å². The molecule has 4 nitrogen and oxygen atoms in total. The standard InChI is InChI=1S/C13H18N2O2S/c1-3-8-14-12(16)9(2)15-13(17)10-6-4-5-7-11(10)18/h4-7,9,18H,3,8H2,1-2H3,(H,14,16)(H,15,17). The third kappa shape index (κ3) is 4.07. The van der Waals surface area contributed by atoms with Crippen molar-refractivity contribution in [2.45, 2.75) is 31.2 Å². The normalized spacial score (nSPS) is 11.7. The van der Waals surface area contributed by atoms with Crippen molar-refractivity contribution in [2.24, 2.45) is 0 Å². The lowest BCUT2D eigenvalue weighted by Crippen LogP contribution is -2.45. The van der Waals surface area contributed by atoms with E-state index >= 15 is 0 Å². The predicted octanol–water partition coefficient (Wildman–Crippen LogP) is 1.62. The highest BCUT2D eigenvalue weighted by molar-refractivity contribution is 7.80. The summed E-state index contributed by atoms with van der Waals surface area (Å²) < 4.78 is 0. The van der Waals surface area contributed by atoms with Crippen LogP contribution in [0.4, 0.5) is 0 Å². The van der Waals surface area contributed by atoms with Gasteiger partial charge in [0.25, 0.3) is 5.91 Å². The van der Waals surface area contributed by atoms with Crippen LogP contribution in [0, 0.1) is 0 Å². The van der Waals surface area contributed by atoms with Gasteiger partial charge in [-0.1, -0.05) is 19.1 Å². The van der Waals surface area contributed by atoms with E-state index in [1.807, 2.05) is 6.92 Å². The minimum atomic E-state index is -0.558. The molecule has 0 heterocycles. The molecule has 0 fully saturated rings. The zero-order valence-corrected chi connectivity index (χ0v) is 11.5. The van der Waals surface area contributed by atoms with E-state index in [2.05, 4.69) is 23.3 Å². The maximum absolute atomic E-state index is 11.9. The van der Waals surface area contributed by atoms with Crippen LogP contribution in [0.25, 0.3) is 0 Å². The lowest BCUT2D eigenvalue weighted by atomic mass is 10.2. The van der Waals surface area contributed by atoms with Crippen molar-refractivity contribution in [1.29, 1.82) is 0 Å². The number of thiol groups is 1. The minimum absolute atomic E-state index is 0.179. The predicted molar refractivity (Wildman–Crippen MR) is 73.9 cm³/mol. The molecule has 0 spiro atoms. The summed E-state index contributed by atoms with van der Waals surface area (Å²) in [7, 11) is 0. The number of benzene rings is 1. The summed E-state index contributed by atoms with van der Waals surface area (Å²) in [6.45, 7) is 4.24. The molecule has 98 valence electrons. The molecule has 2 amide bonds. The average Bonchev–Trinajstić information content (AvgIpc) is 2.36. The Morgan fingerprint density at radius 1 is 1.33 bits per heavy atom. The van der Waals surface area contributed by atoms with Crippen LogP contribution in [0.2, 0.25) is 0 Å². The van der Waals surface area contributed by atoms with Gasteiger partial charge in [-0.15, -0.1) is 12.6 Å². The van der Waals surface area contributed by atoms with Crippen LogP contribution in [-0.2, 0) is 4.79 Å².